The van der Waals surface area contributed by atoms with Crippen LogP contribution in [0.25, 0.3) is 0 Å². The monoisotopic (exact) mass is 251 g/mol. The van der Waals surface area contributed by atoms with Gasteiger partial charge in [0.25, 0.3) is 0 Å². The number of rotatable bonds is 4. The smallest absolute Gasteiger partial charge is 0.305 e. The first-order valence-electron chi connectivity index (χ1n) is 6.01. The van der Waals surface area contributed by atoms with Gasteiger partial charge in [-0.15, -0.1) is 0 Å². The van der Waals surface area contributed by atoms with E-state index in [2.05, 4.69) is 0 Å². The van der Waals surface area contributed by atoms with Crippen molar-refractivity contribution in [2.24, 2.45) is 5.73 Å². The molecular formula is C13H17NO4. The van der Waals surface area contributed by atoms with Gasteiger partial charge in [-0.3, -0.25) is 4.79 Å². The molecule has 0 saturated carbocycles. The van der Waals surface area contributed by atoms with E-state index in [1.807, 2.05) is 13.0 Å². The van der Waals surface area contributed by atoms with Crippen molar-refractivity contribution in [1.29, 1.82) is 0 Å². The third kappa shape index (κ3) is 2.56. The highest BCUT2D eigenvalue weighted by atomic mass is 16.6. The number of ether oxygens (including phenoxy) is 2. The number of fused-ring (bicyclic) bond motifs is 1. The molecular weight excluding hydrogens is 234 g/mol. The van der Waals surface area contributed by atoms with Crippen LogP contribution in [-0.2, 0) is 11.2 Å². The van der Waals surface area contributed by atoms with Gasteiger partial charge in [0.2, 0.25) is 0 Å². The first-order chi connectivity index (χ1) is 8.61. The molecule has 2 rings (SSSR count). The van der Waals surface area contributed by atoms with Crippen LogP contribution in [0.5, 0.6) is 11.5 Å². The fraction of sp³-hybridized carbons (Fsp3) is 0.462. The van der Waals surface area contributed by atoms with E-state index < -0.39 is 12.0 Å². The maximum absolute atomic E-state index is 10.7. The summed E-state index contributed by atoms with van der Waals surface area (Å²) < 4.78 is 11.0. The topological polar surface area (TPSA) is 81.8 Å². The lowest BCUT2D eigenvalue weighted by Gasteiger charge is -2.22. The molecule has 0 bridgehead atoms. The Bertz CT molecular complexity index is 459. The van der Waals surface area contributed by atoms with Gasteiger partial charge in [-0.2, -0.15) is 0 Å². The summed E-state index contributed by atoms with van der Waals surface area (Å²) in [7, 11) is 0. The molecule has 98 valence electrons. The molecule has 1 heterocycles. The predicted molar refractivity (Wildman–Crippen MR) is 66.0 cm³/mol. The molecule has 0 radical (unpaired) electrons. The number of carboxylic acid groups (broad SMARTS) is 1. The third-order valence-corrected chi connectivity index (χ3v) is 2.98. The SMILES string of the molecule is CCc1cc2c(cc1C(N)CC(=O)O)OCCO2. The van der Waals surface area contributed by atoms with Gasteiger partial charge in [0.05, 0.1) is 6.42 Å². The van der Waals surface area contributed by atoms with E-state index in [1.54, 1.807) is 6.07 Å². The van der Waals surface area contributed by atoms with E-state index in [4.69, 9.17) is 20.3 Å². The summed E-state index contributed by atoms with van der Waals surface area (Å²) in [5.41, 5.74) is 7.76. The molecule has 1 atom stereocenters. The lowest BCUT2D eigenvalue weighted by molar-refractivity contribution is -0.137. The first-order valence-corrected chi connectivity index (χ1v) is 6.01. The van der Waals surface area contributed by atoms with Crippen LogP contribution < -0.4 is 15.2 Å². The van der Waals surface area contributed by atoms with E-state index in [0.29, 0.717) is 24.7 Å². The van der Waals surface area contributed by atoms with Crippen molar-refractivity contribution in [3.63, 3.8) is 0 Å². The molecule has 0 aromatic heterocycles. The minimum absolute atomic E-state index is 0.0906. The van der Waals surface area contributed by atoms with Crippen molar-refractivity contribution < 1.29 is 19.4 Å². The summed E-state index contributed by atoms with van der Waals surface area (Å²) in [5, 5.41) is 8.81. The number of carbonyl (C=O) groups is 1. The quantitative estimate of drug-likeness (QED) is 0.847. The standard InChI is InChI=1S/C13H17NO4/c1-2-8-5-11-12(18-4-3-17-11)6-9(8)10(14)7-13(15)16/h5-6,10H,2-4,7,14H2,1H3,(H,15,16). The van der Waals surface area contributed by atoms with Gasteiger partial charge in [0, 0.05) is 6.04 Å². The minimum Gasteiger partial charge on any atom is -0.486 e. The Morgan fingerprint density at radius 2 is 2.00 bits per heavy atom. The molecule has 1 aromatic carbocycles. The molecule has 1 unspecified atom stereocenters. The van der Waals surface area contributed by atoms with Crippen molar-refractivity contribution >= 4 is 5.97 Å². The van der Waals surface area contributed by atoms with E-state index in [0.717, 1.165) is 17.5 Å². The van der Waals surface area contributed by atoms with Gasteiger partial charge in [0.15, 0.2) is 11.5 Å². The number of benzene rings is 1. The molecule has 1 aromatic rings. The number of aryl methyl sites for hydroxylation is 1. The summed E-state index contributed by atoms with van der Waals surface area (Å²) in [6, 6.07) is 3.18. The molecule has 0 amide bonds. The van der Waals surface area contributed by atoms with Crippen LogP contribution in [0.4, 0.5) is 0 Å². The number of carboxylic acids is 1. The zero-order chi connectivity index (χ0) is 13.1. The summed E-state index contributed by atoms with van der Waals surface area (Å²) in [4.78, 5) is 10.7. The fourth-order valence-corrected chi connectivity index (χ4v) is 2.10. The number of hydrogen-bond acceptors (Lipinski definition) is 4. The van der Waals surface area contributed by atoms with E-state index >= 15 is 0 Å². The van der Waals surface area contributed by atoms with E-state index in [9.17, 15) is 4.79 Å². The second-order valence-corrected chi connectivity index (χ2v) is 4.25. The predicted octanol–water partition coefficient (Wildman–Crippen LogP) is 1.49. The molecule has 0 saturated heterocycles. The molecule has 0 fully saturated rings. The minimum atomic E-state index is -0.903. The van der Waals surface area contributed by atoms with Crippen LogP contribution >= 0.6 is 0 Å². The number of aliphatic carboxylic acids is 1. The Morgan fingerprint density at radius 1 is 1.39 bits per heavy atom. The third-order valence-electron chi connectivity index (χ3n) is 2.98. The molecule has 0 aliphatic carbocycles. The van der Waals surface area contributed by atoms with Crippen molar-refractivity contribution in [1.82, 2.24) is 0 Å². The Balaban J connectivity index is 2.35. The Hall–Kier alpha value is -1.75. The second kappa shape index (κ2) is 5.27. The maximum Gasteiger partial charge on any atom is 0.305 e. The van der Waals surface area contributed by atoms with Crippen LogP contribution in [0.15, 0.2) is 12.1 Å². The van der Waals surface area contributed by atoms with Crippen LogP contribution in [0.3, 0.4) is 0 Å². The van der Waals surface area contributed by atoms with Crippen molar-refractivity contribution in [2.75, 3.05) is 13.2 Å². The first kappa shape index (κ1) is 12.7. The molecule has 5 nitrogen and oxygen atoms in total. The van der Waals surface area contributed by atoms with Gasteiger partial charge < -0.3 is 20.3 Å². The summed E-state index contributed by atoms with van der Waals surface area (Å²) in [6.07, 6.45) is 0.686. The molecule has 1 aliphatic heterocycles. The van der Waals surface area contributed by atoms with Gasteiger partial charge in [0.1, 0.15) is 13.2 Å². The highest BCUT2D eigenvalue weighted by Crippen LogP contribution is 2.35. The second-order valence-electron chi connectivity index (χ2n) is 4.25. The van der Waals surface area contributed by atoms with Crippen molar-refractivity contribution in [2.45, 2.75) is 25.8 Å². The lowest BCUT2D eigenvalue weighted by atomic mass is 9.96. The molecule has 18 heavy (non-hydrogen) atoms. The molecule has 1 aliphatic rings. The largest absolute Gasteiger partial charge is 0.486 e. The molecule has 5 heteroatoms. The summed E-state index contributed by atoms with van der Waals surface area (Å²) in [5.74, 6) is 0.457. The average molecular weight is 251 g/mol. The molecule has 0 spiro atoms. The van der Waals surface area contributed by atoms with Gasteiger partial charge >= 0.3 is 5.97 Å². The van der Waals surface area contributed by atoms with E-state index in [-0.39, 0.29) is 6.42 Å². The van der Waals surface area contributed by atoms with Crippen LogP contribution in [0, 0.1) is 0 Å². The van der Waals surface area contributed by atoms with Gasteiger partial charge in [-0.05, 0) is 29.7 Å². The Kier molecular flexibility index (Phi) is 3.72. The van der Waals surface area contributed by atoms with Crippen LogP contribution in [0.2, 0.25) is 0 Å². The zero-order valence-corrected chi connectivity index (χ0v) is 10.3. The normalized spacial score (nSPS) is 15.2. The van der Waals surface area contributed by atoms with Crippen LogP contribution in [0.1, 0.15) is 30.5 Å². The highest BCUT2D eigenvalue weighted by Gasteiger charge is 2.19. The Morgan fingerprint density at radius 3 is 2.56 bits per heavy atom. The summed E-state index contributed by atoms with van der Waals surface area (Å²) >= 11 is 0. The van der Waals surface area contributed by atoms with Gasteiger partial charge in [-0.1, -0.05) is 6.92 Å². The number of nitrogens with two attached hydrogens (primary N) is 1. The van der Waals surface area contributed by atoms with Crippen LogP contribution in [-0.4, -0.2) is 24.3 Å². The van der Waals surface area contributed by atoms with Gasteiger partial charge in [-0.25, -0.2) is 0 Å². The molecule has 3 N–H and O–H groups in total. The lowest BCUT2D eigenvalue weighted by Crippen LogP contribution is -2.19. The Labute approximate surface area is 106 Å². The average Bonchev–Trinajstić information content (AvgIpc) is 2.36. The fourth-order valence-electron chi connectivity index (χ4n) is 2.10. The van der Waals surface area contributed by atoms with Crippen molar-refractivity contribution in [3.8, 4) is 11.5 Å². The maximum atomic E-state index is 10.7. The highest BCUT2D eigenvalue weighted by molar-refractivity contribution is 5.68. The summed E-state index contributed by atoms with van der Waals surface area (Å²) in [6.45, 7) is 3.05. The number of hydrogen-bond donors (Lipinski definition) is 2. The van der Waals surface area contributed by atoms with E-state index in [1.165, 1.54) is 0 Å². The van der Waals surface area contributed by atoms with Crippen molar-refractivity contribution in [3.05, 3.63) is 23.3 Å². The zero-order valence-electron chi connectivity index (χ0n) is 10.3.